The minimum absolute atomic E-state index is 0.134. The minimum Gasteiger partial charge on any atom is -0.490 e. The molecule has 1 saturated carbocycles. The van der Waals surface area contributed by atoms with Gasteiger partial charge in [-0.05, 0) is 42.5 Å². The molecular formula is C25H31NO5. The SMILES string of the molecule is C[C@H]1[C@H](C)CCC[C@@H]1NC(=O)COC(=O)c1ccccc1OCCOc1ccccc1. The molecule has 1 aliphatic carbocycles. The Kier molecular flexibility index (Phi) is 8.33. The molecule has 0 heterocycles. The first-order valence-corrected chi connectivity index (χ1v) is 10.9. The summed E-state index contributed by atoms with van der Waals surface area (Å²) in [5.41, 5.74) is 0.287. The lowest BCUT2D eigenvalue weighted by molar-refractivity contribution is -0.125. The fraction of sp³-hybridized carbons (Fsp3) is 0.440. The van der Waals surface area contributed by atoms with E-state index in [1.165, 1.54) is 6.42 Å². The van der Waals surface area contributed by atoms with Gasteiger partial charge in [0.05, 0.1) is 0 Å². The highest BCUT2D eigenvalue weighted by molar-refractivity contribution is 5.94. The summed E-state index contributed by atoms with van der Waals surface area (Å²) in [6.45, 7) is 4.69. The Morgan fingerprint density at radius 2 is 1.65 bits per heavy atom. The summed E-state index contributed by atoms with van der Waals surface area (Å²) in [4.78, 5) is 24.8. The van der Waals surface area contributed by atoms with Gasteiger partial charge in [0, 0.05) is 6.04 Å². The van der Waals surface area contributed by atoms with Crippen LogP contribution in [0.1, 0.15) is 43.5 Å². The molecule has 3 atom stereocenters. The maximum absolute atomic E-state index is 12.5. The monoisotopic (exact) mass is 425 g/mol. The number of ether oxygens (including phenoxy) is 3. The van der Waals surface area contributed by atoms with E-state index in [1.54, 1.807) is 24.3 Å². The molecule has 1 N–H and O–H groups in total. The van der Waals surface area contributed by atoms with Crippen LogP contribution in [0.3, 0.4) is 0 Å². The standard InChI is InChI=1S/C25H31NO5/c1-18-9-8-13-22(19(18)2)26-24(27)17-31-25(28)21-12-6-7-14-23(21)30-16-15-29-20-10-4-3-5-11-20/h3-7,10-12,14,18-19,22H,8-9,13,15-17H2,1-2H3,(H,26,27)/t18-,19+,22+/m1/s1. The van der Waals surface area contributed by atoms with E-state index in [2.05, 4.69) is 19.2 Å². The van der Waals surface area contributed by atoms with Crippen molar-refractivity contribution in [3.63, 3.8) is 0 Å². The molecule has 2 aromatic rings. The van der Waals surface area contributed by atoms with Crippen molar-refractivity contribution in [1.29, 1.82) is 0 Å². The molecule has 0 aromatic heterocycles. The Morgan fingerprint density at radius 1 is 0.935 bits per heavy atom. The number of nitrogens with one attached hydrogen (secondary N) is 1. The first-order valence-electron chi connectivity index (χ1n) is 10.9. The summed E-state index contributed by atoms with van der Waals surface area (Å²) in [6.07, 6.45) is 3.26. The second-order valence-electron chi connectivity index (χ2n) is 8.02. The molecule has 166 valence electrons. The van der Waals surface area contributed by atoms with E-state index in [0.717, 1.165) is 18.6 Å². The molecule has 31 heavy (non-hydrogen) atoms. The third-order valence-electron chi connectivity index (χ3n) is 5.85. The van der Waals surface area contributed by atoms with Crippen LogP contribution in [0.25, 0.3) is 0 Å². The molecule has 0 unspecified atom stereocenters. The largest absolute Gasteiger partial charge is 0.490 e. The molecular weight excluding hydrogens is 394 g/mol. The van der Waals surface area contributed by atoms with Gasteiger partial charge in [0.2, 0.25) is 0 Å². The summed E-state index contributed by atoms with van der Waals surface area (Å²) < 4.78 is 16.6. The topological polar surface area (TPSA) is 73.9 Å². The molecule has 1 amide bonds. The van der Waals surface area contributed by atoms with E-state index in [4.69, 9.17) is 14.2 Å². The van der Waals surface area contributed by atoms with E-state index < -0.39 is 5.97 Å². The minimum atomic E-state index is -0.584. The van der Waals surface area contributed by atoms with Crippen molar-refractivity contribution in [3.8, 4) is 11.5 Å². The van der Waals surface area contributed by atoms with Gasteiger partial charge in [-0.15, -0.1) is 0 Å². The van der Waals surface area contributed by atoms with Gasteiger partial charge in [0.1, 0.15) is 30.3 Å². The highest BCUT2D eigenvalue weighted by atomic mass is 16.5. The number of hydrogen-bond donors (Lipinski definition) is 1. The lowest BCUT2D eigenvalue weighted by Gasteiger charge is -2.34. The Hall–Kier alpha value is -3.02. The van der Waals surface area contributed by atoms with E-state index in [9.17, 15) is 9.59 Å². The molecule has 6 heteroatoms. The second-order valence-corrected chi connectivity index (χ2v) is 8.02. The van der Waals surface area contributed by atoms with Crippen LogP contribution in [0.15, 0.2) is 54.6 Å². The highest BCUT2D eigenvalue weighted by Gasteiger charge is 2.28. The van der Waals surface area contributed by atoms with Gasteiger partial charge in [-0.1, -0.05) is 57.0 Å². The second kappa shape index (κ2) is 11.4. The Labute approximate surface area is 183 Å². The fourth-order valence-corrected chi connectivity index (χ4v) is 3.83. The number of carbonyl (C=O) groups is 2. The summed E-state index contributed by atoms with van der Waals surface area (Å²) in [6, 6.07) is 16.4. The number of benzene rings is 2. The van der Waals surface area contributed by atoms with Gasteiger partial charge in [-0.25, -0.2) is 4.79 Å². The molecule has 3 rings (SSSR count). The average molecular weight is 426 g/mol. The smallest absolute Gasteiger partial charge is 0.342 e. The van der Waals surface area contributed by atoms with Gasteiger partial charge >= 0.3 is 5.97 Å². The predicted molar refractivity (Wildman–Crippen MR) is 118 cm³/mol. The van der Waals surface area contributed by atoms with Gasteiger partial charge in [-0.2, -0.15) is 0 Å². The molecule has 0 aliphatic heterocycles. The number of esters is 1. The van der Waals surface area contributed by atoms with E-state index >= 15 is 0 Å². The van der Waals surface area contributed by atoms with Gasteiger partial charge in [-0.3, -0.25) is 4.79 Å². The number of hydrogen-bond acceptors (Lipinski definition) is 5. The number of para-hydroxylation sites is 2. The Morgan fingerprint density at radius 3 is 2.45 bits per heavy atom. The predicted octanol–water partition coefficient (Wildman–Crippen LogP) is 4.24. The molecule has 1 fully saturated rings. The van der Waals surface area contributed by atoms with Crippen LogP contribution in [-0.4, -0.2) is 37.7 Å². The van der Waals surface area contributed by atoms with Crippen molar-refractivity contribution >= 4 is 11.9 Å². The fourth-order valence-electron chi connectivity index (χ4n) is 3.83. The normalized spacial score (nSPS) is 20.5. The third-order valence-corrected chi connectivity index (χ3v) is 5.85. The highest BCUT2D eigenvalue weighted by Crippen LogP contribution is 2.29. The molecule has 0 spiro atoms. The zero-order valence-electron chi connectivity index (χ0n) is 18.2. The van der Waals surface area contributed by atoms with Crippen LogP contribution in [0.2, 0.25) is 0 Å². The maximum Gasteiger partial charge on any atom is 0.342 e. The van der Waals surface area contributed by atoms with Gasteiger partial charge < -0.3 is 19.5 Å². The first kappa shape index (κ1) is 22.7. The first-order chi connectivity index (χ1) is 15.0. The lowest BCUT2D eigenvalue weighted by Crippen LogP contribution is -2.45. The molecule has 6 nitrogen and oxygen atoms in total. The van der Waals surface area contributed by atoms with Crippen molar-refractivity contribution in [2.24, 2.45) is 11.8 Å². The zero-order valence-corrected chi connectivity index (χ0v) is 18.2. The van der Waals surface area contributed by atoms with Crippen LogP contribution < -0.4 is 14.8 Å². The van der Waals surface area contributed by atoms with Gasteiger partial charge in [0.25, 0.3) is 5.91 Å². The van der Waals surface area contributed by atoms with Crippen molar-refractivity contribution < 1.29 is 23.8 Å². The van der Waals surface area contributed by atoms with E-state index in [1.807, 2.05) is 30.3 Å². The molecule has 0 bridgehead atoms. The average Bonchev–Trinajstić information content (AvgIpc) is 2.79. The molecule has 1 aliphatic rings. The van der Waals surface area contributed by atoms with Crippen LogP contribution in [0.4, 0.5) is 0 Å². The van der Waals surface area contributed by atoms with Gasteiger partial charge in [0.15, 0.2) is 6.61 Å². The summed E-state index contributed by atoms with van der Waals surface area (Å²) in [7, 11) is 0. The van der Waals surface area contributed by atoms with E-state index in [0.29, 0.717) is 24.2 Å². The zero-order chi connectivity index (χ0) is 22.1. The lowest BCUT2D eigenvalue weighted by atomic mass is 9.78. The number of amides is 1. The van der Waals surface area contributed by atoms with Crippen LogP contribution in [0.5, 0.6) is 11.5 Å². The van der Waals surface area contributed by atoms with Crippen LogP contribution >= 0.6 is 0 Å². The Bertz CT molecular complexity index is 854. The quantitative estimate of drug-likeness (QED) is 0.480. The summed E-state index contributed by atoms with van der Waals surface area (Å²) >= 11 is 0. The number of rotatable bonds is 9. The van der Waals surface area contributed by atoms with Crippen LogP contribution in [-0.2, 0) is 9.53 Å². The van der Waals surface area contributed by atoms with Crippen molar-refractivity contribution in [2.75, 3.05) is 19.8 Å². The third kappa shape index (κ3) is 6.74. The Balaban J connectivity index is 1.46. The molecule has 0 saturated heterocycles. The van der Waals surface area contributed by atoms with Crippen molar-refractivity contribution in [1.82, 2.24) is 5.32 Å². The van der Waals surface area contributed by atoms with Crippen LogP contribution in [0, 0.1) is 11.8 Å². The number of carbonyl (C=O) groups excluding carboxylic acids is 2. The van der Waals surface area contributed by atoms with Crippen molar-refractivity contribution in [3.05, 3.63) is 60.2 Å². The van der Waals surface area contributed by atoms with E-state index in [-0.39, 0.29) is 30.7 Å². The van der Waals surface area contributed by atoms with Crippen molar-refractivity contribution in [2.45, 2.75) is 39.2 Å². The molecule has 2 aromatic carbocycles. The molecule has 0 radical (unpaired) electrons. The summed E-state index contributed by atoms with van der Waals surface area (Å²) in [5.74, 6) is 1.30. The summed E-state index contributed by atoms with van der Waals surface area (Å²) in [5, 5.41) is 3.01. The maximum atomic E-state index is 12.5.